The SMILES string of the molecule is C[C@]12CCC(=NO)C=C1C=C[C@@H]1[C@H]3CC[C@@]4(CCC(=O)O4)[C@]3(C)CC[C@@H]12. The molecule has 26 heavy (non-hydrogen) atoms. The van der Waals surface area contributed by atoms with Crippen LogP contribution in [0.4, 0.5) is 0 Å². The molecule has 140 valence electrons. The van der Waals surface area contributed by atoms with Gasteiger partial charge in [0.25, 0.3) is 0 Å². The molecule has 0 bridgehead atoms. The first kappa shape index (κ1) is 16.6. The molecule has 0 radical (unpaired) electrons. The third-order valence-corrected chi connectivity index (χ3v) is 8.99. The summed E-state index contributed by atoms with van der Waals surface area (Å²) in [7, 11) is 0. The van der Waals surface area contributed by atoms with Gasteiger partial charge in [0.2, 0.25) is 0 Å². The molecule has 2 saturated carbocycles. The van der Waals surface area contributed by atoms with Crippen LogP contribution in [0.3, 0.4) is 0 Å². The van der Waals surface area contributed by atoms with Gasteiger partial charge in [-0.3, -0.25) is 4.79 Å². The standard InChI is InChI=1S/C22H29NO3/c1-20-9-5-15(23-25)13-14(20)3-4-16-17(20)6-10-21(2)18(16)7-11-22(21)12-8-19(24)26-22/h3-4,13,16-18,25H,5-12H2,1-2H3/t16-,17-,18+,20-,21+,22+/m0/s1. The molecule has 0 aromatic carbocycles. The maximum atomic E-state index is 11.9. The Kier molecular flexibility index (Phi) is 3.34. The Morgan fingerprint density at radius 3 is 2.65 bits per heavy atom. The zero-order valence-electron chi connectivity index (χ0n) is 15.8. The first-order valence-corrected chi connectivity index (χ1v) is 10.3. The molecule has 1 spiro atoms. The number of oxime groups is 1. The molecular weight excluding hydrogens is 326 g/mol. The second kappa shape index (κ2) is 5.24. The van der Waals surface area contributed by atoms with E-state index in [-0.39, 0.29) is 22.4 Å². The molecule has 0 aromatic rings. The van der Waals surface area contributed by atoms with E-state index < -0.39 is 0 Å². The highest BCUT2D eigenvalue weighted by Gasteiger charge is 2.66. The van der Waals surface area contributed by atoms with Crippen molar-refractivity contribution in [2.45, 2.75) is 70.8 Å². The normalized spacial score (nSPS) is 51.0. The fraction of sp³-hybridized carbons (Fsp3) is 0.727. The number of allylic oxidation sites excluding steroid dienone is 4. The van der Waals surface area contributed by atoms with E-state index in [2.05, 4.69) is 37.2 Å². The largest absolute Gasteiger partial charge is 0.458 e. The summed E-state index contributed by atoms with van der Waals surface area (Å²) < 4.78 is 6.00. The monoisotopic (exact) mass is 355 g/mol. The van der Waals surface area contributed by atoms with Crippen molar-refractivity contribution in [1.29, 1.82) is 0 Å². The molecular formula is C22H29NO3. The molecule has 4 heteroatoms. The van der Waals surface area contributed by atoms with Gasteiger partial charge in [0.1, 0.15) is 5.60 Å². The van der Waals surface area contributed by atoms with Gasteiger partial charge in [-0.05, 0) is 79.8 Å². The maximum absolute atomic E-state index is 11.9. The van der Waals surface area contributed by atoms with Crippen molar-refractivity contribution in [2.75, 3.05) is 0 Å². The minimum Gasteiger partial charge on any atom is -0.458 e. The van der Waals surface area contributed by atoms with Crippen molar-refractivity contribution in [1.82, 2.24) is 0 Å². The maximum Gasteiger partial charge on any atom is 0.306 e. The van der Waals surface area contributed by atoms with E-state index in [1.807, 2.05) is 0 Å². The van der Waals surface area contributed by atoms with E-state index in [0.717, 1.165) is 37.8 Å². The van der Waals surface area contributed by atoms with Crippen molar-refractivity contribution in [3.05, 3.63) is 23.8 Å². The summed E-state index contributed by atoms with van der Waals surface area (Å²) in [6.07, 6.45) is 14.8. The van der Waals surface area contributed by atoms with Crippen molar-refractivity contribution >= 4 is 11.7 Å². The Balaban J connectivity index is 1.52. The summed E-state index contributed by atoms with van der Waals surface area (Å²) in [5.41, 5.74) is 2.24. The van der Waals surface area contributed by atoms with Gasteiger partial charge in [-0.15, -0.1) is 0 Å². The Labute approximate surface area is 155 Å². The lowest BCUT2D eigenvalue weighted by Gasteiger charge is -2.57. The van der Waals surface area contributed by atoms with Crippen molar-refractivity contribution in [3.8, 4) is 0 Å². The smallest absolute Gasteiger partial charge is 0.306 e. The molecule has 1 saturated heterocycles. The van der Waals surface area contributed by atoms with Crippen LogP contribution in [0.1, 0.15) is 65.2 Å². The van der Waals surface area contributed by atoms with Crippen LogP contribution in [-0.4, -0.2) is 22.5 Å². The van der Waals surface area contributed by atoms with Gasteiger partial charge in [-0.25, -0.2) is 0 Å². The Bertz CT molecular complexity index is 752. The molecule has 4 aliphatic carbocycles. The van der Waals surface area contributed by atoms with E-state index >= 15 is 0 Å². The first-order valence-electron chi connectivity index (χ1n) is 10.3. The molecule has 1 N–H and O–H groups in total. The van der Waals surface area contributed by atoms with Gasteiger partial charge in [-0.1, -0.05) is 31.2 Å². The highest BCUT2D eigenvalue weighted by Crippen LogP contribution is 2.68. The molecule has 6 atom stereocenters. The number of nitrogens with zero attached hydrogens (tertiary/aromatic N) is 1. The number of fused-ring (bicyclic) bond motifs is 6. The molecule has 5 aliphatic rings. The predicted octanol–water partition coefficient (Wildman–Crippen LogP) is 4.63. The lowest BCUT2D eigenvalue weighted by Crippen LogP contribution is -2.53. The van der Waals surface area contributed by atoms with Gasteiger partial charge < -0.3 is 9.94 Å². The number of rotatable bonds is 0. The summed E-state index contributed by atoms with van der Waals surface area (Å²) >= 11 is 0. The molecule has 5 rings (SSSR count). The van der Waals surface area contributed by atoms with Gasteiger partial charge in [0.15, 0.2) is 0 Å². The second-order valence-electron chi connectivity index (χ2n) is 9.72. The lowest BCUT2D eigenvalue weighted by molar-refractivity contribution is -0.165. The molecule has 1 aliphatic heterocycles. The number of hydrogen-bond donors (Lipinski definition) is 1. The van der Waals surface area contributed by atoms with Crippen LogP contribution in [-0.2, 0) is 9.53 Å². The molecule has 4 nitrogen and oxygen atoms in total. The quantitative estimate of drug-likeness (QED) is 0.391. The fourth-order valence-corrected chi connectivity index (χ4v) is 7.38. The summed E-state index contributed by atoms with van der Waals surface area (Å²) in [4.78, 5) is 11.9. The van der Waals surface area contributed by atoms with E-state index in [4.69, 9.17) is 4.74 Å². The van der Waals surface area contributed by atoms with Crippen LogP contribution >= 0.6 is 0 Å². The topological polar surface area (TPSA) is 58.9 Å². The van der Waals surface area contributed by atoms with Crippen LogP contribution < -0.4 is 0 Å². The molecule has 1 heterocycles. The third kappa shape index (κ3) is 1.91. The minimum atomic E-state index is -0.201. The fourth-order valence-electron chi connectivity index (χ4n) is 7.38. The van der Waals surface area contributed by atoms with Crippen LogP contribution in [0.25, 0.3) is 0 Å². The number of carbonyl (C=O) groups excluding carboxylic acids is 1. The molecule has 0 amide bonds. The summed E-state index contributed by atoms with van der Waals surface area (Å²) in [5.74, 6) is 1.83. The van der Waals surface area contributed by atoms with Crippen molar-refractivity contribution in [3.63, 3.8) is 0 Å². The third-order valence-electron chi connectivity index (χ3n) is 8.99. The number of ether oxygens (including phenoxy) is 1. The predicted molar refractivity (Wildman–Crippen MR) is 98.9 cm³/mol. The van der Waals surface area contributed by atoms with Crippen molar-refractivity contribution in [2.24, 2.45) is 33.7 Å². The van der Waals surface area contributed by atoms with Crippen LogP contribution in [0, 0.1) is 28.6 Å². The van der Waals surface area contributed by atoms with Gasteiger partial charge >= 0.3 is 5.97 Å². The van der Waals surface area contributed by atoms with Crippen LogP contribution in [0.15, 0.2) is 29.0 Å². The molecule has 0 aromatic heterocycles. The first-order chi connectivity index (χ1) is 12.4. The van der Waals surface area contributed by atoms with Gasteiger partial charge in [0.05, 0.1) is 5.71 Å². The summed E-state index contributed by atoms with van der Waals surface area (Å²) in [6.45, 7) is 4.82. The molecule has 3 fully saturated rings. The average Bonchev–Trinajstić information content (AvgIpc) is 3.15. The Morgan fingerprint density at radius 2 is 1.92 bits per heavy atom. The van der Waals surface area contributed by atoms with Crippen LogP contribution in [0.2, 0.25) is 0 Å². The Morgan fingerprint density at radius 1 is 1.12 bits per heavy atom. The molecule has 0 unspecified atom stereocenters. The van der Waals surface area contributed by atoms with Crippen molar-refractivity contribution < 1.29 is 14.7 Å². The number of carbonyl (C=O) groups is 1. The minimum absolute atomic E-state index is 0.00784. The summed E-state index contributed by atoms with van der Waals surface area (Å²) in [6, 6.07) is 0. The van der Waals surface area contributed by atoms with E-state index in [9.17, 15) is 10.0 Å². The van der Waals surface area contributed by atoms with E-state index in [1.54, 1.807) is 0 Å². The zero-order chi connectivity index (χ0) is 18.2. The van der Waals surface area contributed by atoms with E-state index in [0.29, 0.717) is 24.2 Å². The lowest BCUT2D eigenvalue weighted by atomic mass is 9.48. The Hall–Kier alpha value is -1.58. The average molecular weight is 355 g/mol. The number of esters is 1. The second-order valence-corrected chi connectivity index (χ2v) is 9.72. The highest BCUT2D eigenvalue weighted by atomic mass is 16.6. The van der Waals surface area contributed by atoms with Gasteiger partial charge in [-0.2, -0.15) is 0 Å². The zero-order valence-corrected chi connectivity index (χ0v) is 15.8. The van der Waals surface area contributed by atoms with Gasteiger partial charge in [0, 0.05) is 11.8 Å². The highest BCUT2D eigenvalue weighted by molar-refractivity contribution is 5.96. The van der Waals surface area contributed by atoms with E-state index in [1.165, 1.54) is 18.4 Å². The van der Waals surface area contributed by atoms with Crippen LogP contribution in [0.5, 0.6) is 0 Å². The summed E-state index contributed by atoms with van der Waals surface area (Å²) in [5, 5.41) is 12.6. The number of hydrogen-bond acceptors (Lipinski definition) is 4.